The smallest absolute Gasteiger partial charge is 0.0149 e. The second kappa shape index (κ2) is 14.7. The number of hydrogen-bond donors (Lipinski definition) is 0. The minimum atomic E-state index is -1.76. The van der Waals surface area contributed by atoms with E-state index in [1.807, 2.05) is 18.2 Å². The summed E-state index contributed by atoms with van der Waals surface area (Å²) in [5.74, 6) is 2.04. The van der Waals surface area contributed by atoms with Gasteiger partial charge in [0.15, 0.2) is 0 Å². The van der Waals surface area contributed by atoms with E-state index in [1.54, 1.807) is 0 Å². The van der Waals surface area contributed by atoms with Crippen LogP contribution in [0.1, 0.15) is 26.3 Å². The zero-order chi connectivity index (χ0) is 24.4. The van der Waals surface area contributed by atoms with Crippen molar-refractivity contribution in [3.63, 3.8) is 0 Å². The zero-order valence-electron chi connectivity index (χ0n) is 20.7. The van der Waals surface area contributed by atoms with E-state index in [0.717, 1.165) is 25.7 Å². The van der Waals surface area contributed by atoms with E-state index >= 15 is 0 Å². The molecule has 0 aliphatic heterocycles. The van der Waals surface area contributed by atoms with E-state index in [4.69, 9.17) is 14.9 Å². The van der Waals surface area contributed by atoms with E-state index < -0.39 is 27.2 Å². The van der Waals surface area contributed by atoms with Crippen molar-refractivity contribution in [2.24, 2.45) is 0 Å². The standard InChI is InChI=1S/C19H25OSi.C6H5.2CH3O.H4Si.Ti/c1-15-12-13-17(20-16-10-8-7-9-11-16)18(14-15)21(5,6)19(2,3)4;1-2-4-6-5-3-1;2*1-2;;/h7-12,14H,1-6H3;1-5H;2*1H3;1H4;/q;;2*-1;;+2. The van der Waals surface area contributed by atoms with Crippen LogP contribution in [0, 0.1) is 6.92 Å². The van der Waals surface area contributed by atoms with Gasteiger partial charge in [-0.3, -0.25) is 0 Å². The molecular weight excluding hydrogens is 476 g/mol. The maximum Gasteiger partial charge on any atom is -0.0149 e. The van der Waals surface area contributed by atoms with Crippen LogP contribution in [0.4, 0.5) is 0 Å². The summed E-state index contributed by atoms with van der Waals surface area (Å²) in [7, 11) is -0.264. The summed E-state index contributed by atoms with van der Waals surface area (Å²) in [4.78, 5) is 0. The van der Waals surface area contributed by atoms with Crippen LogP contribution in [-0.2, 0) is 19.2 Å². The Morgan fingerprint density at radius 2 is 1.27 bits per heavy atom. The average Bonchev–Trinajstić information content (AvgIpc) is 2.78. The first kappa shape index (κ1) is 31.5. The minimum Gasteiger partial charge on any atom is -0.0149 e. The van der Waals surface area contributed by atoms with Crippen LogP contribution in [0.3, 0.4) is 0 Å². The first-order valence-electron chi connectivity index (χ1n) is 10.7. The van der Waals surface area contributed by atoms with Crippen LogP contribution in [0.15, 0.2) is 72.8 Å². The Balaban J connectivity index is 0.00000194. The van der Waals surface area contributed by atoms with E-state index in [2.05, 4.69) is 95.4 Å². The molecular formula is C27H40O3Si2Ti. The molecule has 0 amide bonds. The van der Waals surface area contributed by atoms with Crippen molar-refractivity contribution in [3.05, 3.63) is 78.4 Å². The van der Waals surface area contributed by atoms with Gasteiger partial charge in [0.05, 0.1) is 0 Å². The molecule has 33 heavy (non-hydrogen) atoms. The van der Waals surface area contributed by atoms with Crippen LogP contribution in [0.2, 0.25) is 18.1 Å². The summed E-state index contributed by atoms with van der Waals surface area (Å²) in [5, 5.41) is 18.2. The van der Waals surface area contributed by atoms with Crippen LogP contribution in [0.5, 0.6) is 11.5 Å². The van der Waals surface area contributed by atoms with Gasteiger partial charge in [0, 0.05) is 0 Å². The molecule has 0 fully saturated rings. The molecule has 6 heteroatoms. The quantitative estimate of drug-likeness (QED) is 0.488. The van der Waals surface area contributed by atoms with Gasteiger partial charge in [-0.05, 0) is 11.0 Å². The predicted octanol–water partition coefficient (Wildman–Crippen LogP) is 2.04. The van der Waals surface area contributed by atoms with E-state index in [-0.39, 0.29) is 16.0 Å². The molecule has 0 unspecified atom stereocenters. The van der Waals surface area contributed by atoms with Gasteiger partial charge < -0.3 is 10.2 Å². The van der Waals surface area contributed by atoms with Gasteiger partial charge in [-0.2, -0.15) is 14.2 Å². The van der Waals surface area contributed by atoms with E-state index in [1.165, 1.54) is 18.5 Å². The molecule has 0 atom stereocenters. The van der Waals surface area contributed by atoms with Crippen molar-refractivity contribution in [2.45, 2.75) is 45.8 Å². The third kappa shape index (κ3) is 8.67. The molecule has 0 radical (unpaired) electrons. The zero-order valence-corrected chi connectivity index (χ0v) is 23.2. The number of para-hydroxylation sites is 1. The Bertz CT molecular complexity index is 941. The van der Waals surface area contributed by atoms with E-state index in [0.29, 0.717) is 0 Å². The molecule has 0 heterocycles. The monoisotopic (exact) mass is 516 g/mol. The van der Waals surface area contributed by atoms with Crippen molar-refractivity contribution in [1.29, 1.82) is 0 Å². The molecule has 178 valence electrons. The summed E-state index contributed by atoms with van der Waals surface area (Å²) in [6.45, 7) is 14.3. The van der Waals surface area contributed by atoms with Crippen LogP contribution >= 0.6 is 0 Å². The van der Waals surface area contributed by atoms with E-state index in [9.17, 15) is 0 Å². The van der Waals surface area contributed by atoms with Crippen LogP contribution in [-0.4, -0.2) is 33.3 Å². The van der Waals surface area contributed by atoms with Crippen molar-refractivity contribution < 1.29 is 34.1 Å². The van der Waals surface area contributed by atoms with Gasteiger partial charge >= 0.3 is 181 Å². The topological polar surface area (TPSA) is 55.3 Å². The molecule has 3 rings (SSSR count). The largest absolute Gasteiger partial charge is 0.0149 e. The molecule has 0 aliphatic rings. The summed E-state index contributed by atoms with van der Waals surface area (Å²) in [6, 6.07) is 25.8. The van der Waals surface area contributed by atoms with Crippen molar-refractivity contribution >= 4 is 32.0 Å². The van der Waals surface area contributed by atoms with Crippen molar-refractivity contribution in [1.82, 2.24) is 0 Å². The first-order chi connectivity index (χ1) is 15.2. The van der Waals surface area contributed by atoms with Crippen LogP contribution in [0.25, 0.3) is 0 Å². The van der Waals surface area contributed by atoms with Crippen molar-refractivity contribution in [3.8, 4) is 11.5 Å². The number of aryl methyl sites for hydroxylation is 1. The molecule has 0 N–H and O–H groups in total. The minimum absolute atomic E-state index is 0. The second-order valence-electron chi connectivity index (χ2n) is 8.97. The number of rotatable bonds is 5. The van der Waals surface area contributed by atoms with Gasteiger partial charge in [0.1, 0.15) is 0 Å². The third-order valence-corrected chi connectivity index (χ3v) is 13.2. The summed E-state index contributed by atoms with van der Waals surface area (Å²) in [5.41, 5.74) is 1.34. The third-order valence-electron chi connectivity index (χ3n) is 5.80. The fourth-order valence-corrected chi connectivity index (χ4v) is 7.45. The van der Waals surface area contributed by atoms with Crippen molar-refractivity contribution in [2.75, 3.05) is 14.2 Å². The molecule has 3 aromatic carbocycles. The Labute approximate surface area is 215 Å². The fourth-order valence-electron chi connectivity index (χ4n) is 3.13. The molecule has 0 aromatic heterocycles. The number of benzene rings is 3. The van der Waals surface area contributed by atoms with Gasteiger partial charge in [0.25, 0.3) is 0 Å². The Kier molecular flexibility index (Phi) is 14.1. The molecule has 0 saturated carbocycles. The Hall–Kier alpha value is -1.47. The molecule has 0 bridgehead atoms. The second-order valence-corrected chi connectivity index (χ2v) is 16.4. The molecule has 3 aromatic rings. The molecule has 0 aliphatic carbocycles. The summed E-state index contributed by atoms with van der Waals surface area (Å²) in [6.07, 6.45) is 0. The summed E-state index contributed by atoms with van der Waals surface area (Å²) >= 11 is -0.475. The Morgan fingerprint density at radius 1 is 0.788 bits per heavy atom. The first-order valence-corrected chi connectivity index (χ1v) is 15.3. The maximum absolute atomic E-state index is 8.25. The fraction of sp³-hybridized carbons (Fsp3) is 0.333. The van der Waals surface area contributed by atoms with Gasteiger partial charge in [-0.25, -0.2) is 0 Å². The molecule has 3 nitrogen and oxygen atoms in total. The predicted molar refractivity (Wildman–Crippen MR) is 143 cm³/mol. The average molecular weight is 517 g/mol. The SMILES string of the molecule is C[O-].C[O-].Cc1c[c]([Ti+2][c]2ccccc2)c(Oc2ccccc2)c([Si](C)(C)C(C)(C)C)c1.[SiH4]. The Morgan fingerprint density at radius 3 is 1.76 bits per heavy atom. The van der Waals surface area contributed by atoms with Gasteiger partial charge in [0.2, 0.25) is 0 Å². The number of hydrogen-bond acceptors (Lipinski definition) is 3. The summed E-state index contributed by atoms with van der Waals surface area (Å²) < 4.78 is 9.45. The molecule has 0 saturated heterocycles. The van der Waals surface area contributed by atoms with Crippen LogP contribution < -0.4 is 27.9 Å². The normalized spacial score (nSPS) is 10.4. The number of ether oxygens (including phenoxy) is 1. The maximum atomic E-state index is 8.25. The van der Waals surface area contributed by atoms with Gasteiger partial charge in [-0.1, -0.05) is 0 Å². The molecule has 0 spiro atoms. The van der Waals surface area contributed by atoms with Gasteiger partial charge in [-0.15, -0.1) is 0 Å².